The Morgan fingerprint density at radius 3 is 2.51 bits per heavy atom. The van der Waals surface area contributed by atoms with Gasteiger partial charge in [0.1, 0.15) is 24.2 Å². The van der Waals surface area contributed by atoms with Crippen molar-refractivity contribution in [2.75, 3.05) is 31.3 Å². The van der Waals surface area contributed by atoms with Crippen molar-refractivity contribution in [2.45, 2.75) is 64.1 Å². The van der Waals surface area contributed by atoms with Crippen LogP contribution in [0.2, 0.25) is 0 Å². The van der Waals surface area contributed by atoms with E-state index in [1.54, 1.807) is 18.4 Å². The minimum absolute atomic E-state index is 0.0665. The third-order valence-corrected chi connectivity index (χ3v) is 11.6. The molecule has 4 aromatic rings. The van der Waals surface area contributed by atoms with Gasteiger partial charge < -0.3 is 15.2 Å². The quantitative estimate of drug-likeness (QED) is 0.127. The van der Waals surface area contributed by atoms with E-state index < -0.39 is 31.2 Å². The van der Waals surface area contributed by atoms with Gasteiger partial charge in [-0.15, -0.1) is 0 Å². The summed E-state index contributed by atoms with van der Waals surface area (Å²) in [5.41, 5.74) is 6.68. The number of halogens is 1. The van der Waals surface area contributed by atoms with Crippen molar-refractivity contribution >= 4 is 57.6 Å². The molecule has 3 heterocycles. The zero-order chi connectivity index (χ0) is 33.7. The van der Waals surface area contributed by atoms with E-state index in [0.29, 0.717) is 16.9 Å². The fraction of sp³-hybridized carbons (Fsp3) is 0.438. The summed E-state index contributed by atoms with van der Waals surface area (Å²) in [6.45, 7) is 7.64. The topological polar surface area (TPSA) is 150 Å². The standard InChI is InChI=1S/C32H39BrN5O7PS/c1-5-42-46(40,43-6-2)45-25-16-26(38-21-37-27-28(34)35-20-36-29(27)38)44-32(25,18-41-17-22-12-8-7-9-13-22)30(39)47-19-31(3,4)23-14-10-11-15-24(23)33/h7-15,20-21,25-26H,5-6,16-19H2,1-4H3,(H2,34,35,36)/t25-,26+,32+/m0/s1. The van der Waals surface area contributed by atoms with E-state index in [0.717, 1.165) is 27.4 Å². The van der Waals surface area contributed by atoms with Crippen molar-refractivity contribution in [1.29, 1.82) is 0 Å². The molecule has 1 aliphatic rings. The van der Waals surface area contributed by atoms with Gasteiger partial charge in [0.05, 0.1) is 32.8 Å². The molecule has 2 aromatic carbocycles. The molecule has 0 spiro atoms. The lowest BCUT2D eigenvalue weighted by Gasteiger charge is -2.34. The van der Waals surface area contributed by atoms with Gasteiger partial charge in [-0.25, -0.2) is 19.5 Å². The maximum Gasteiger partial charge on any atom is 0.475 e. The molecule has 12 nitrogen and oxygen atoms in total. The number of hydrogen-bond acceptors (Lipinski definition) is 12. The largest absolute Gasteiger partial charge is 0.475 e. The van der Waals surface area contributed by atoms with Crippen LogP contribution in [-0.4, -0.2) is 61.9 Å². The molecule has 0 saturated carbocycles. The molecule has 0 unspecified atom stereocenters. The maximum atomic E-state index is 14.6. The molecule has 3 atom stereocenters. The number of benzene rings is 2. The van der Waals surface area contributed by atoms with E-state index in [1.807, 2.05) is 54.6 Å². The molecule has 1 fully saturated rings. The van der Waals surface area contributed by atoms with Crippen LogP contribution in [0, 0.1) is 0 Å². The molecule has 0 bridgehead atoms. The number of fused-ring (bicyclic) bond motifs is 1. The fourth-order valence-electron chi connectivity index (χ4n) is 5.41. The van der Waals surface area contributed by atoms with Crippen LogP contribution in [0.1, 0.15) is 51.5 Å². The van der Waals surface area contributed by atoms with Crippen LogP contribution < -0.4 is 5.73 Å². The molecule has 0 aliphatic carbocycles. The molecular formula is C32H39BrN5O7PS. The number of phosphoric acid groups is 1. The first kappa shape index (κ1) is 35.6. The maximum absolute atomic E-state index is 14.6. The van der Waals surface area contributed by atoms with Gasteiger partial charge in [0.25, 0.3) is 0 Å². The van der Waals surface area contributed by atoms with Gasteiger partial charge >= 0.3 is 7.82 Å². The summed E-state index contributed by atoms with van der Waals surface area (Å²) in [7, 11) is -4.12. The number of carbonyl (C=O) groups excluding carboxylic acids is 1. The molecule has 47 heavy (non-hydrogen) atoms. The Morgan fingerprint density at radius 1 is 1.11 bits per heavy atom. The number of rotatable bonds is 15. The molecule has 1 saturated heterocycles. The predicted octanol–water partition coefficient (Wildman–Crippen LogP) is 6.85. The van der Waals surface area contributed by atoms with Gasteiger partial charge in [-0.1, -0.05) is 90.1 Å². The summed E-state index contributed by atoms with van der Waals surface area (Å²) in [4.78, 5) is 27.4. The Morgan fingerprint density at radius 2 is 1.81 bits per heavy atom. The Balaban J connectivity index is 1.53. The van der Waals surface area contributed by atoms with E-state index in [4.69, 9.17) is 28.8 Å². The Bertz CT molecular complexity index is 1720. The highest BCUT2D eigenvalue weighted by atomic mass is 79.9. The number of nitrogen functional groups attached to an aromatic ring is 1. The first-order chi connectivity index (χ1) is 22.5. The van der Waals surface area contributed by atoms with Crippen LogP contribution in [0.3, 0.4) is 0 Å². The van der Waals surface area contributed by atoms with Crippen molar-refractivity contribution in [3.63, 3.8) is 0 Å². The summed E-state index contributed by atoms with van der Waals surface area (Å²) in [5, 5.41) is -0.351. The van der Waals surface area contributed by atoms with Gasteiger partial charge in [0.15, 0.2) is 17.1 Å². The molecular weight excluding hydrogens is 709 g/mol. The minimum atomic E-state index is -4.12. The zero-order valence-corrected chi connectivity index (χ0v) is 30.0. The van der Waals surface area contributed by atoms with E-state index in [-0.39, 0.29) is 43.8 Å². The van der Waals surface area contributed by atoms with Crippen LogP contribution in [0.5, 0.6) is 0 Å². The third kappa shape index (κ3) is 7.97. The molecule has 2 N–H and O–H groups in total. The van der Waals surface area contributed by atoms with Crippen LogP contribution in [0.15, 0.2) is 71.7 Å². The number of nitrogens with two attached hydrogens (primary N) is 1. The van der Waals surface area contributed by atoms with E-state index in [1.165, 1.54) is 12.7 Å². The number of carbonyl (C=O) groups is 1. The van der Waals surface area contributed by atoms with Gasteiger partial charge in [0, 0.05) is 22.1 Å². The number of thioether (sulfide) groups is 1. The van der Waals surface area contributed by atoms with Crippen molar-refractivity contribution in [2.24, 2.45) is 0 Å². The predicted molar refractivity (Wildman–Crippen MR) is 184 cm³/mol. The molecule has 0 radical (unpaired) electrons. The van der Waals surface area contributed by atoms with Gasteiger partial charge in [-0.05, 0) is 31.0 Å². The van der Waals surface area contributed by atoms with E-state index >= 15 is 0 Å². The number of imidazole rings is 1. The summed E-state index contributed by atoms with van der Waals surface area (Å²) in [5.74, 6) is 0.609. The van der Waals surface area contributed by atoms with Crippen molar-refractivity contribution in [3.05, 3.63) is 82.9 Å². The van der Waals surface area contributed by atoms with Crippen LogP contribution in [0.4, 0.5) is 5.82 Å². The monoisotopic (exact) mass is 747 g/mol. The highest BCUT2D eigenvalue weighted by Crippen LogP contribution is 2.56. The second-order valence-corrected chi connectivity index (χ2v) is 15.0. The molecule has 252 valence electrons. The van der Waals surface area contributed by atoms with Crippen LogP contribution >= 0.6 is 35.5 Å². The van der Waals surface area contributed by atoms with E-state index in [2.05, 4.69) is 44.7 Å². The van der Waals surface area contributed by atoms with Crippen LogP contribution in [0.25, 0.3) is 11.2 Å². The Labute approximate surface area is 286 Å². The number of anilines is 1. The second kappa shape index (κ2) is 15.3. The molecule has 5 rings (SSSR count). The fourth-order valence-corrected chi connectivity index (χ4v) is 8.75. The van der Waals surface area contributed by atoms with Gasteiger partial charge in [0.2, 0.25) is 5.12 Å². The summed E-state index contributed by atoms with van der Waals surface area (Å²) < 4.78 is 46.6. The van der Waals surface area contributed by atoms with Crippen molar-refractivity contribution < 1.29 is 32.4 Å². The SMILES string of the molecule is CCOP(=O)(OCC)O[C@H]1C[C@H](n2cnc3c(N)ncnc32)O[C@@]1(COCc1ccccc1)C(=O)SCC(C)(C)c1ccccc1Br. The Hall–Kier alpha value is -2.68. The van der Waals surface area contributed by atoms with Crippen molar-refractivity contribution in [3.8, 4) is 0 Å². The Kier molecular flexibility index (Phi) is 11.6. The van der Waals surface area contributed by atoms with Crippen LogP contribution in [-0.2, 0) is 44.4 Å². The molecule has 0 amide bonds. The lowest BCUT2D eigenvalue weighted by Crippen LogP contribution is -2.51. The normalized spacial score (nSPS) is 20.2. The first-order valence-electron chi connectivity index (χ1n) is 15.2. The number of aromatic nitrogens is 4. The number of nitrogens with zero attached hydrogens (tertiary/aromatic N) is 4. The summed E-state index contributed by atoms with van der Waals surface area (Å²) in [6, 6.07) is 17.5. The highest BCUT2D eigenvalue weighted by molar-refractivity contribution is 9.10. The average molecular weight is 749 g/mol. The number of phosphoric ester groups is 1. The molecule has 1 aliphatic heterocycles. The molecule has 15 heteroatoms. The zero-order valence-electron chi connectivity index (χ0n) is 26.7. The number of hydrogen-bond donors (Lipinski definition) is 1. The first-order valence-corrected chi connectivity index (χ1v) is 18.5. The number of ether oxygens (including phenoxy) is 2. The second-order valence-electron chi connectivity index (χ2n) is 11.6. The average Bonchev–Trinajstić information content (AvgIpc) is 3.64. The smallest absolute Gasteiger partial charge is 0.382 e. The van der Waals surface area contributed by atoms with Gasteiger partial charge in [-0.3, -0.25) is 22.9 Å². The minimum Gasteiger partial charge on any atom is -0.382 e. The third-order valence-electron chi connectivity index (χ3n) is 7.75. The van der Waals surface area contributed by atoms with Crippen molar-refractivity contribution in [1.82, 2.24) is 19.5 Å². The lowest BCUT2D eigenvalue weighted by molar-refractivity contribution is -0.160. The van der Waals surface area contributed by atoms with Gasteiger partial charge in [-0.2, -0.15) is 0 Å². The highest BCUT2D eigenvalue weighted by Gasteiger charge is 2.58. The molecule has 2 aromatic heterocycles. The van der Waals surface area contributed by atoms with E-state index in [9.17, 15) is 9.36 Å². The lowest BCUT2D eigenvalue weighted by atomic mass is 9.87. The summed E-state index contributed by atoms with van der Waals surface area (Å²) >= 11 is 4.76. The summed E-state index contributed by atoms with van der Waals surface area (Å²) in [6.07, 6.45) is 1.01.